The molecule has 0 radical (unpaired) electrons. The highest BCUT2D eigenvalue weighted by molar-refractivity contribution is 8.00. The maximum atomic E-state index is 13.6. The van der Waals surface area contributed by atoms with Crippen molar-refractivity contribution in [1.29, 1.82) is 0 Å². The number of carbonyl (C=O) groups excluding carboxylic acids is 1. The number of benzene rings is 3. The molecule has 2 heterocycles. The van der Waals surface area contributed by atoms with Crippen LogP contribution in [0.25, 0.3) is 16.6 Å². The van der Waals surface area contributed by atoms with Crippen molar-refractivity contribution in [3.63, 3.8) is 0 Å². The standard InChI is InChI=1S/C27H24N4OS/c1-17-13-14-18(2)22(15-17)28-26(32)25(20-9-5-4-6-10-20)33-27-30-29-24-16-19(3)21-11-7-8-12-23(21)31(24)27/h4-16,25H,1-3H3,(H,28,32)/t25-/m1/s1. The Hall–Kier alpha value is -3.64. The van der Waals surface area contributed by atoms with Gasteiger partial charge in [-0.2, -0.15) is 0 Å². The molecule has 1 atom stereocenters. The first-order valence-electron chi connectivity index (χ1n) is 10.8. The molecule has 164 valence electrons. The van der Waals surface area contributed by atoms with E-state index < -0.39 is 5.25 Å². The van der Waals surface area contributed by atoms with Crippen molar-refractivity contribution in [3.05, 3.63) is 101 Å². The molecule has 0 aliphatic rings. The van der Waals surface area contributed by atoms with Gasteiger partial charge in [0.15, 0.2) is 10.8 Å². The summed E-state index contributed by atoms with van der Waals surface area (Å²) < 4.78 is 2.04. The van der Waals surface area contributed by atoms with Crippen LogP contribution in [-0.4, -0.2) is 20.5 Å². The second kappa shape index (κ2) is 8.71. The third-order valence-electron chi connectivity index (χ3n) is 5.79. The first-order chi connectivity index (χ1) is 16.0. The van der Waals surface area contributed by atoms with Gasteiger partial charge in [-0.1, -0.05) is 72.4 Å². The van der Waals surface area contributed by atoms with Gasteiger partial charge >= 0.3 is 0 Å². The Labute approximate surface area is 196 Å². The molecule has 3 aromatic carbocycles. The molecular weight excluding hydrogens is 428 g/mol. The highest BCUT2D eigenvalue weighted by Gasteiger charge is 2.25. The Morgan fingerprint density at radius 3 is 2.45 bits per heavy atom. The number of thioether (sulfide) groups is 1. The molecule has 2 aromatic heterocycles. The summed E-state index contributed by atoms with van der Waals surface area (Å²) in [7, 11) is 0. The number of hydrogen-bond acceptors (Lipinski definition) is 4. The lowest BCUT2D eigenvalue weighted by molar-refractivity contribution is -0.115. The van der Waals surface area contributed by atoms with Gasteiger partial charge in [0.2, 0.25) is 5.91 Å². The molecule has 0 spiro atoms. The number of hydrogen-bond donors (Lipinski definition) is 1. The Morgan fingerprint density at radius 2 is 1.64 bits per heavy atom. The number of pyridine rings is 1. The molecule has 5 aromatic rings. The molecule has 0 saturated heterocycles. The van der Waals surface area contributed by atoms with Crippen molar-refractivity contribution in [1.82, 2.24) is 14.6 Å². The average molecular weight is 453 g/mol. The van der Waals surface area contributed by atoms with E-state index in [4.69, 9.17) is 0 Å². The highest BCUT2D eigenvalue weighted by atomic mass is 32.2. The average Bonchev–Trinajstić information content (AvgIpc) is 3.23. The minimum absolute atomic E-state index is 0.0898. The van der Waals surface area contributed by atoms with Crippen molar-refractivity contribution in [3.8, 4) is 0 Å². The van der Waals surface area contributed by atoms with Gasteiger partial charge in [0, 0.05) is 11.1 Å². The van der Waals surface area contributed by atoms with E-state index >= 15 is 0 Å². The summed E-state index contributed by atoms with van der Waals surface area (Å²) in [5.74, 6) is -0.0898. The van der Waals surface area contributed by atoms with Crippen LogP contribution in [0.15, 0.2) is 84.0 Å². The first kappa shape index (κ1) is 21.2. The Balaban J connectivity index is 1.58. The van der Waals surface area contributed by atoms with Gasteiger partial charge in [0.25, 0.3) is 0 Å². The fourth-order valence-corrected chi connectivity index (χ4v) is 5.08. The molecule has 5 rings (SSSR count). The zero-order chi connectivity index (χ0) is 22.9. The van der Waals surface area contributed by atoms with Crippen LogP contribution in [0.1, 0.15) is 27.5 Å². The lowest BCUT2D eigenvalue weighted by Crippen LogP contribution is -2.20. The molecule has 1 N–H and O–H groups in total. The van der Waals surface area contributed by atoms with Crippen molar-refractivity contribution in [2.75, 3.05) is 5.32 Å². The first-order valence-corrected chi connectivity index (χ1v) is 11.7. The summed E-state index contributed by atoms with van der Waals surface area (Å²) in [6.07, 6.45) is 0. The van der Waals surface area contributed by atoms with Crippen LogP contribution in [-0.2, 0) is 4.79 Å². The van der Waals surface area contributed by atoms with Crippen LogP contribution < -0.4 is 5.32 Å². The molecule has 5 nitrogen and oxygen atoms in total. The predicted molar refractivity (Wildman–Crippen MR) is 135 cm³/mol. The van der Waals surface area contributed by atoms with Gasteiger partial charge in [0.1, 0.15) is 5.25 Å². The van der Waals surface area contributed by atoms with Crippen molar-refractivity contribution in [2.24, 2.45) is 0 Å². The van der Waals surface area contributed by atoms with Crippen LogP contribution in [0.3, 0.4) is 0 Å². The molecule has 0 aliphatic heterocycles. The number of nitrogens with one attached hydrogen (secondary N) is 1. The van der Waals surface area contributed by atoms with E-state index in [1.807, 2.05) is 85.0 Å². The smallest absolute Gasteiger partial charge is 0.242 e. The number of fused-ring (bicyclic) bond motifs is 3. The number of aromatic nitrogens is 3. The Kier molecular flexibility index (Phi) is 5.60. The Morgan fingerprint density at radius 1 is 0.879 bits per heavy atom. The molecule has 1 amide bonds. The van der Waals surface area contributed by atoms with Crippen molar-refractivity contribution < 1.29 is 4.79 Å². The van der Waals surface area contributed by atoms with Gasteiger partial charge in [-0.15, -0.1) is 10.2 Å². The molecule has 6 heteroatoms. The summed E-state index contributed by atoms with van der Waals surface area (Å²) in [5.41, 5.74) is 6.82. The van der Waals surface area contributed by atoms with E-state index in [1.54, 1.807) is 0 Å². The fraction of sp³-hybridized carbons (Fsp3) is 0.148. The number of anilines is 1. The van der Waals surface area contributed by atoms with Crippen LogP contribution in [0, 0.1) is 20.8 Å². The largest absolute Gasteiger partial charge is 0.325 e. The van der Waals surface area contributed by atoms with Gasteiger partial charge in [-0.3, -0.25) is 9.20 Å². The van der Waals surface area contributed by atoms with Crippen LogP contribution in [0.2, 0.25) is 0 Å². The minimum Gasteiger partial charge on any atom is -0.325 e. The molecular formula is C27H24N4OS. The molecule has 0 unspecified atom stereocenters. The molecule has 33 heavy (non-hydrogen) atoms. The number of carbonyl (C=O) groups is 1. The van der Waals surface area contributed by atoms with E-state index in [9.17, 15) is 4.79 Å². The third kappa shape index (κ3) is 4.10. The number of para-hydroxylation sites is 1. The minimum atomic E-state index is -0.487. The monoisotopic (exact) mass is 452 g/mol. The predicted octanol–water partition coefficient (Wildman–Crippen LogP) is 6.28. The normalized spacial score (nSPS) is 12.2. The summed E-state index contributed by atoms with van der Waals surface area (Å²) in [4.78, 5) is 13.6. The summed E-state index contributed by atoms with van der Waals surface area (Å²) in [5, 5.41) is 13.4. The molecule has 0 saturated carbocycles. The quantitative estimate of drug-likeness (QED) is 0.319. The molecule has 0 bridgehead atoms. The number of rotatable bonds is 5. The second-order valence-corrected chi connectivity index (χ2v) is 9.31. The van der Waals surface area contributed by atoms with Gasteiger partial charge in [0.05, 0.1) is 5.52 Å². The number of amides is 1. The van der Waals surface area contributed by atoms with E-state index in [1.165, 1.54) is 11.8 Å². The maximum Gasteiger partial charge on any atom is 0.242 e. The number of nitrogens with zero attached hydrogens (tertiary/aromatic N) is 3. The van der Waals surface area contributed by atoms with Gasteiger partial charge < -0.3 is 5.32 Å². The van der Waals surface area contributed by atoms with Crippen LogP contribution >= 0.6 is 11.8 Å². The summed E-state index contributed by atoms with van der Waals surface area (Å²) in [6.45, 7) is 6.10. The van der Waals surface area contributed by atoms with E-state index in [0.717, 1.165) is 44.5 Å². The Bertz CT molecular complexity index is 1480. The lowest BCUT2D eigenvalue weighted by atomic mass is 10.1. The summed E-state index contributed by atoms with van der Waals surface area (Å²) >= 11 is 1.41. The van der Waals surface area contributed by atoms with Gasteiger partial charge in [-0.05, 0) is 61.2 Å². The number of aryl methyl sites for hydroxylation is 3. The second-order valence-electron chi connectivity index (χ2n) is 8.24. The molecule has 0 fully saturated rings. The molecule has 0 aliphatic carbocycles. The third-order valence-corrected chi connectivity index (χ3v) is 6.99. The van der Waals surface area contributed by atoms with Crippen molar-refractivity contribution >= 4 is 39.9 Å². The highest BCUT2D eigenvalue weighted by Crippen LogP contribution is 2.37. The SMILES string of the molecule is Cc1ccc(C)c(NC(=O)[C@H](Sc2nnc3cc(C)c4ccccc4n23)c2ccccc2)c1. The lowest BCUT2D eigenvalue weighted by Gasteiger charge is -2.18. The van der Waals surface area contributed by atoms with Crippen molar-refractivity contribution in [2.45, 2.75) is 31.2 Å². The summed E-state index contributed by atoms with van der Waals surface area (Å²) in [6, 6.07) is 26.1. The van der Waals surface area contributed by atoms with E-state index in [0.29, 0.717) is 5.16 Å². The zero-order valence-corrected chi connectivity index (χ0v) is 19.6. The topological polar surface area (TPSA) is 59.3 Å². The van der Waals surface area contributed by atoms with Crippen LogP contribution in [0.4, 0.5) is 5.69 Å². The van der Waals surface area contributed by atoms with E-state index in [2.05, 4.69) is 34.6 Å². The fourth-order valence-electron chi connectivity index (χ4n) is 4.03. The maximum absolute atomic E-state index is 13.6. The van der Waals surface area contributed by atoms with E-state index in [-0.39, 0.29) is 5.91 Å². The van der Waals surface area contributed by atoms with Crippen LogP contribution in [0.5, 0.6) is 0 Å². The zero-order valence-electron chi connectivity index (χ0n) is 18.7. The van der Waals surface area contributed by atoms with Gasteiger partial charge in [-0.25, -0.2) is 0 Å².